The minimum absolute atomic E-state index is 0.0122. The second-order valence-electron chi connectivity index (χ2n) is 4.32. The number of hydrogen-bond donors (Lipinski definition) is 2. The van der Waals surface area contributed by atoms with E-state index in [1.807, 2.05) is 0 Å². The summed E-state index contributed by atoms with van der Waals surface area (Å²) in [5.41, 5.74) is 0.601. The van der Waals surface area contributed by atoms with Crippen molar-refractivity contribution in [3.8, 4) is 0 Å². The van der Waals surface area contributed by atoms with Gasteiger partial charge < -0.3 is 10.4 Å². The molecule has 2 N–H and O–H groups in total. The number of thiophene rings is 1. The summed E-state index contributed by atoms with van der Waals surface area (Å²) in [5.74, 6) is 0. The molecule has 8 heteroatoms. The Labute approximate surface area is 135 Å². The number of aliphatic hydroxyl groups is 1. The molecule has 1 unspecified atom stereocenters. The van der Waals surface area contributed by atoms with E-state index in [0.29, 0.717) is 28.0 Å². The zero-order valence-corrected chi connectivity index (χ0v) is 13.1. The van der Waals surface area contributed by atoms with E-state index in [1.165, 1.54) is 29.5 Å². The molecule has 0 saturated carbocycles. The normalized spacial score (nSPS) is 12.3. The average Bonchev–Trinajstić information content (AvgIpc) is 2.87. The molecule has 0 aliphatic rings. The van der Waals surface area contributed by atoms with Gasteiger partial charge in [0.2, 0.25) is 0 Å². The predicted octanol–water partition coefficient (Wildman–Crippen LogP) is 3.79. The maximum Gasteiger partial charge on any atom is 0.269 e. The highest BCUT2D eigenvalue weighted by molar-refractivity contribution is 7.16. The van der Waals surface area contributed by atoms with Gasteiger partial charge in [-0.05, 0) is 23.8 Å². The van der Waals surface area contributed by atoms with Crippen LogP contribution in [-0.2, 0) is 6.54 Å². The number of halogens is 2. The van der Waals surface area contributed by atoms with Crippen LogP contribution in [0.3, 0.4) is 0 Å². The summed E-state index contributed by atoms with van der Waals surface area (Å²) in [6, 6.07) is 7.76. The van der Waals surface area contributed by atoms with Gasteiger partial charge in [0.1, 0.15) is 6.10 Å². The zero-order valence-electron chi connectivity index (χ0n) is 10.8. The lowest BCUT2D eigenvalue weighted by Gasteiger charge is -2.11. The quantitative estimate of drug-likeness (QED) is 0.616. The summed E-state index contributed by atoms with van der Waals surface area (Å²) in [6.07, 6.45) is -0.681. The average molecular weight is 347 g/mol. The number of hydrogen-bond acceptors (Lipinski definition) is 5. The van der Waals surface area contributed by atoms with Crippen molar-refractivity contribution >= 4 is 40.2 Å². The van der Waals surface area contributed by atoms with Crippen LogP contribution in [0.15, 0.2) is 30.3 Å². The van der Waals surface area contributed by atoms with Gasteiger partial charge in [0, 0.05) is 35.1 Å². The number of nitrogens with one attached hydrogen (secondary N) is 1. The van der Waals surface area contributed by atoms with E-state index in [1.54, 1.807) is 12.1 Å². The molecule has 0 amide bonds. The Morgan fingerprint density at radius 2 is 2.10 bits per heavy atom. The summed E-state index contributed by atoms with van der Waals surface area (Å²) in [7, 11) is 0. The van der Waals surface area contributed by atoms with Crippen LogP contribution in [0.1, 0.15) is 16.5 Å². The molecular formula is C13H12Cl2N2O3S. The summed E-state index contributed by atoms with van der Waals surface area (Å²) in [4.78, 5) is 11.0. The highest BCUT2D eigenvalue weighted by Crippen LogP contribution is 2.27. The van der Waals surface area contributed by atoms with Gasteiger partial charge in [0.15, 0.2) is 0 Å². The summed E-state index contributed by atoms with van der Waals surface area (Å²) in [5, 5.41) is 24.2. The van der Waals surface area contributed by atoms with Crippen LogP contribution < -0.4 is 5.32 Å². The fraction of sp³-hybridized carbons (Fsp3) is 0.231. The number of non-ortho nitro benzene ring substituents is 1. The van der Waals surface area contributed by atoms with E-state index in [0.717, 1.165) is 4.88 Å². The van der Waals surface area contributed by atoms with E-state index >= 15 is 0 Å². The van der Waals surface area contributed by atoms with Crippen LogP contribution in [0.5, 0.6) is 0 Å². The molecule has 112 valence electrons. The molecule has 0 aliphatic carbocycles. The van der Waals surface area contributed by atoms with E-state index in [4.69, 9.17) is 23.2 Å². The third-order valence-corrected chi connectivity index (χ3v) is 4.52. The van der Waals surface area contributed by atoms with Gasteiger partial charge in [-0.25, -0.2) is 0 Å². The Morgan fingerprint density at radius 3 is 2.71 bits per heavy atom. The number of rotatable bonds is 6. The third kappa shape index (κ3) is 4.39. The lowest BCUT2D eigenvalue weighted by atomic mass is 10.2. The molecule has 0 aliphatic heterocycles. The number of nitro benzene ring substituents is 1. The van der Waals surface area contributed by atoms with Crippen molar-refractivity contribution in [2.75, 3.05) is 6.54 Å². The van der Waals surface area contributed by atoms with Gasteiger partial charge in [-0.1, -0.05) is 23.2 Å². The van der Waals surface area contributed by atoms with E-state index in [-0.39, 0.29) is 5.69 Å². The molecule has 0 fully saturated rings. The molecule has 1 heterocycles. The van der Waals surface area contributed by atoms with Gasteiger partial charge in [-0.3, -0.25) is 10.1 Å². The summed E-state index contributed by atoms with van der Waals surface area (Å²) < 4.78 is 0.616. The summed E-state index contributed by atoms with van der Waals surface area (Å²) in [6.45, 7) is 0.631. The zero-order chi connectivity index (χ0) is 15.4. The van der Waals surface area contributed by atoms with Gasteiger partial charge in [0.05, 0.1) is 9.26 Å². The SMILES string of the molecule is O=[N+]([O-])c1ccc(Cl)c(CNCC(O)c2ccc(Cl)s2)c1. The smallest absolute Gasteiger partial charge is 0.269 e. The monoisotopic (exact) mass is 346 g/mol. The molecule has 0 spiro atoms. The number of benzene rings is 1. The van der Waals surface area contributed by atoms with Crippen molar-refractivity contribution in [3.05, 3.63) is 60.2 Å². The van der Waals surface area contributed by atoms with Gasteiger partial charge in [0.25, 0.3) is 5.69 Å². The molecule has 5 nitrogen and oxygen atoms in total. The fourth-order valence-electron chi connectivity index (χ4n) is 1.76. The van der Waals surface area contributed by atoms with Crippen molar-refractivity contribution in [1.82, 2.24) is 5.32 Å². The number of nitro groups is 1. The van der Waals surface area contributed by atoms with Crippen LogP contribution in [-0.4, -0.2) is 16.6 Å². The molecule has 2 rings (SSSR count). The Morgan fingerprint density at radius 1 is 1.33 bits per heavy atom. The molecule has 2 aromatic rings. The van der Waals surface area contributed by atoms with Crippen LogP contribution in [0.25, 0.3) is 0 Å². The fourth-order valence-corrected chi connectivity index (χ4v) is 2.99. The van der Waals surface area contributed by atoms with Crippen molar-refractivity contribution in [3.63, 3.8) is 0 Å². The summed E-state index contributed by atoms with van der Waals surface area (Å²) >= 11 is 13.1. The van der Waals surface area contributed by atoms with Crippen LogP contribution >= 0.6 is 34.5 Å². The Balaban J connectivity index is 1.94. The predicted molar refractivity (Wildman–Crippen MR) is 84.1 cm³/mol. The van der Waals surface area contributed by atoms with Crippen LogP contribution in [0.4, 0.5) is 5.69 Å². The molecule has 0 saturated heterocycles. The topological polar surface area (TPSA) is 75.4 Å². The van der Waals surface area contributed by atoms with Gasteiger partial charge in [-0.15, -0.1) is 11.3 Å². The van der Waals surface area contributed by atoms with Crippen molar-refractivity contribution in [1.29, 1.82) is 0 Å². The molecule has 1 aromatic heterocycles. The number of aliphatic hydroxyl groups excluding tert-OH is 1. The maximum absolute atomic E-state index is 10.7. The van der Waals surface area contributed by atoms with Crippen LogP contribution in [0, 0.1) is 10.1 Å². The molecule has 1 atom stereocenters. The molecule has 0 radical (unpaired) electrons. The largest absolute Gasteiger partial charge is 0.386 e. The highest BCUT2D eigenvalue weighted by Gasteiger charge is 2.12. The first kappa shape index (κ1) is 16.2. The Hall–Kier alpha value is -1.18. The second kappa shape index (κ2) is 7.20. The van der Waals surface area contributed by atoms with Gasteiger partial charge >= 0.3 is 0 Å². The van der Waals surface area contributed by atoms with Crippen molar-refractivity contribution in [2.24, 2.45) is 0 Å². The molecule has 21 heavy (non-hydrogen) atoms. The van der Waals surface area contributed by atoms with Crippen molar-refractivity contribution in [2.45, 2.75) is 12.6 Å². The first-order chi connectivity index (χ1) is 9.97. The number of nitrogens with zero attached hydrogens (tertiary/aromatic N) is 1. The van der Waals surface area contributed by atoms with Gasteiger partial charge in [-0.2, -0.15) is 0 Å². The Kier molecular flexibility index (Phi) is 5.55. The first-order valence-corrected chi connectivity index (χ1v) is 7.61. The lowest BCUT2D eigenvalue weighted by Crippen LogP contribution is -2.20. The second-order valence-corrected chi connectivity index (χ2v) is 6.48. The molecule has 1 aromatic carbocycles. The lowest BCUT2D eigenvalue weighted by molar-refractivity contribution is -0.384. The standard InChI is InChI=1S/C13H12Cl2N2O3S/c14-10-2-1-9(17(19)20)5-8(10)6-16-7-11(18)12-3-4-13(15)21-12/h1-5,11,16,18H,6-7H2. The highest BCUT2D eigenvalue weighted by atomic mass is 35.5. The van der Waals surface area contributed by atoms with E-state index in [9.17, 15) is 15.2 Å². The minimum atomic E-state index is -0.681. The molecular weight excluding hydrogens is 335 g/mol. The van der Waals surface area contributed by atoms with E-state index < -0.39 is 11.0 Å². The van der Waals surface area contributed by atoms with E-state index in [2.05, 4.69) is 5.32 Å². The third-order valence-electron chi connectivity index (χ3n) is 2.82. The Bertz CT molecular complexity index is 648. The van der Waals surface area contributed by atoms with Crippen molar-refractivity contribution < 1.29 is 10.0 Å². The first-order valence-electron chi connectivity index (χ1n) is 6.04. The molecule has 0 bridgehead atoms. The van der Waals surface area contributed by atoms with Crippen LogP contribution in [0.2, 0.25) is 9.36 Å². The maximum atomic E-state index is 10.7. The minimum Gasteiger partial charge on any atom is -0.386 e.